The highest BCUT2D eigenvalue weighted by Crippen LogP contribution is 2.65. The zero-order chi connectivity index (χ0) is 14.6. The summed E-state index contributed by atoms with van der Waals surface area (Å²) >= 11 is 0. The molecule has 2 fully saturated rings. The predicted octanol–water partition coefficient (Wildman–Crippen LogP) is 3.18. The van der Waals surface area contributed by atoms with Crippen molar-refractivity contribution in [3.63, 3.8) is 0 Å². The number of hydrogen-bond acceptors (Lipinski definition) is 5. The van der Waals surface area contributed by atoms with Gasteiger partial charge in [-0.3, -0.25) is 0 Å². The maximum Gasteiger partial charge on any atom is 0.230 e. The van der Waals surface area contributed by atoms with Crippen LogP contribution in [0.2, 0.25) is 0 Å². The van der Waals surface area contributed by atoms with E-state index in [2.05, 4.69) is 25.6 Å². The van der Waals surface area contributed by atoms with E-state index in [1.54, 1.807) is 0 Å². The van der Waals surface area contributed by atoms with Crippen LogP contribution in [-0.2, 0) is 0 Å². The van der Waals surface area contributed by atoms with Gasteiger partial charge in [0.2, 0.25) is 11.7 Å². The van der Waals surface area contributed by atoms with E-state index in [9.17, 15) is 0 Å². The summed E-state index contributed by atoms with van der Waals surface area (Å²) < 4.78 is 5.46. The molecule has 0 unspecified atom stereocenters. The van der Waals surface area contributed by atoms with Gasteiger partial charge in [0.25, 0.3) is 0 Å². The number of rotatable bonds is 3. The van der Waals surface area contributed by atoms with Crippen LogP contribution >= 0.6 is 0 Å². The molecule has 0 amide bonds. The van der Waals surface area contributed by atoms with Crippen LogP contribution in [0.15, 0.2) is 34.9 Å². The van der Waals surface area contributed by atoms with E-state index in [1.807, 2.05) is 30.3 Å². The van der Waals surface area contributed by atoms with Gasteiger partial charge < -0.3 is 4.52 Å². The Balaban J connectivity index is 1.46. The second-order valence-corrected chi connectivity index (χ2v) is 6.45. The van der Waals surface area contributed by atoms with Crippen LogP contribution in [0.5, 0.6) is 0 Å². The first-order valence-electron chi connectivity index (χ1n) is 7.63. The van der Waals surface area contributed by atoms with Crippen LogP contribution in [-0.4, -0.2) is 25.6 Å². The van der Waals surface area contributed by atoms with Gasteiger partial charge in [0.1, 0.15) is 5.69 Å². The fourth-order valence-corrected chi connectivity index (χ4v) is 3.43. The standard InChI is InChI=1S/C16H15N5O/c1-2-4-10(5-3-1)12-13(19-21-18-12)14-17-15(22-20-14)11-8-16(9-11)6-7-16/h1-5,11H,6-9H2,(H,18,19,21). The molecule has 0 atom stereocenters. The molecule has 3 aromatic rings. The number of benzene rings is 1. The summed E-state index contributed by atoms with van der Waals surface area (Å²) in [5, 5.41) is 15.2. The molecule has 22 heavy (non-hydrogen) atoms. The summed E-state index contributed by atoms with van der Waals surface area (Å²) in [6.45, 7) is 0. The molecule has 6 nitrogen and oxygen atoms in total. The zero-order valence-electron chi connectivity index (χ0n) is 12.0. The second-order valence-electron chi connectivity index (χ2n) is 6.45. The molecule has 2 saturated carbocycles. The van der Waals surface area contributed by atoms with Crippen molar-refractivity contribution < 1.29 is 4.52 Å². The highest BCUT2D eigenvalue weighted by atomic mass is 16.5. The summed E-state index contributed by atoms with van der Waals surface area (Å²) in [5.41, 5.74) is 3.00. The first-order valence-corrected chi connectivity index (χ1v) is 7.63. The summed E-state index contributed by atoms with van der Waals surface area (Å²) in [6.07, 6.45) is 5.12. The molecule has 110 valence electrons. The fraction of sp³-hybridized carbons (Fsp3) is 0.375. The summed E-state index contributed by atoms with van der Waals surface area (Å²) in [4.78, 5) is 4.55. The Bertz CT molecular complexity index is 810. The molecule has 1 spiro atoms. The number of nitrogens with one attached hydrogen (secondary N) is 1. The molecule has 2 aliphatic carbocycles. The van der Waals surface area contributed by atoms with E-state index in [0.29, 0.717) is 22.9 Å². The highest BCUT2D eigenvalue weighted by molar-refractivity contribution is 5.73. The molecule has 2 aliphatic rings. The first kappa shape index (κ1) is 12.1. The van der Waals surface area contributed by atoms with Crippen molar-refractivity contribution in [3.8, 4) is 22.8 Å². The van der Waals surface area contributed by atoms with Gasteiger partial charge in [0, 0.05) is 11.5 Å². The topological polar surface area (TPSA) is 80.5 Å². The normalized spacial score (nSPS) is 19.3. The van der Waals surface area contributed by atoms with Gasteiger partial charge in [-0.05, 0) is 31.1 Å². The van der Waals surface area contributed by atoms with Crippen molar-refractivity contribution in [1.82, 2.24) is 25.6 Å². The Morgan fingerprint density at radius 3 is 2.59 bits per heavy atom. The molecule has 6 heteroatoms. The minimum Gasteiger partial charge on any atom is -0.339 e. The van der Waals surface area contributed by atoms with Crippen LogP contribution in [0.25, 0.3) is 22.8 Å². The third kappa shape index (κ3) is 1.80. The van der Waals surface area contributed by atoms with Gasteiger partial charge in [-0.1, -0.05) is 35.5 Å². The summed E-state index contributed by atoms with van der Waals surface area (Å²) in [5.74, 6) is 1.68. The molecule has 0 aliphatic heterocycles. The SMILES string of the molecule is c1ccc(-c2n[nH]nc2-c2noc(C3CC4(CC4)C3)n2)cc1. The minimum absolute atomic E-state index is 0.427. The average Bonchev–Trinajstić information content (AvgIpc) is 2.97. The van der Waals surface area contributed by atoms with Crippen molar-refractivity contribution in [1.29, 1.82) is 0 Å². The van der Waals surface area contributed by atoms with Crippen molar-refractivity contribution in [2.75, 3.05) is 0 Å². The maximum absolute atomic E-state index is 5.46. The highest BCUT2D eigenvalue weighted by Gasteiger charge is 2.54. The van der Waals surface area contributed by atoms with Gasteiger partial charge >= 0.3 is 0 Å². The predicted molar refractivity (Wildman–Crippen MR) is 78.8 cm³/mol. The second kappa shape index (κ2) is 4.25. The maximum atomic E-state index is 5.46. The van der Waals surface area contributed by atoms with Gasteiger partial charge in [0.15, 0.2) is 5.69 Å². The summed E-state index contributed by atoms with van der Waals surface area (Å²) in [6, 6.07) is 9.90. The van der Waals surface area contributed by atoms with Crippen molar-refractivity contribution in [3.05, 3.63) is 36.2 Å². The molecule has 0 radical (unpaired) electrons. The molecule has 5 rings (SSSR count). The minimum atomic E-state index is 0.427. The van der Waals surface area contributed by atoms with E-state index in [-0.39, 0.29) is 0 Å². The Morgan fingerprint density at radius 1 is 1.05 bits per heavy atom. The number of aromatic nitrogens is 5. The van der Waals surface area contributed by atoms with Crippen LogP contribution in [0.3, 0.4) is 0 Å². The number of hydrogen-bond donors (Lipinski definition) is 1. The number of aromatic amines is 1. The Kier molecular flexibility index (Phi) is 2.34. The monoisotopic (exact) mass is 293 g/mol. The smallest absolute Gasteiger partial charge is 0.230 e. The van der Waals surface area contributed by atoms with E-state index >= 15 is 0 Å². The number of H-pyrrole nitrogens is 1. The van der Waals surface area contributed by atoms with Gasteiger partial charge in [-0.25, -0.2) is 0 Å². The van der Waals surface area contributed by atoms with Crippen LogP contribution in [0, 0.1) is 5.41 Å². The van der Waals surface area contributed by atoms with E-state index in [0.717, 1.165) is 17.1 Å². The van der Waals surface area contributed by atoms with Crippen LogP contribution < -0.4 is 0 Å². The lowest BCUT2D eigenvalue weighted by molar-refractivity contribution is 0.192. The lowest BCUT2D eigenvalue weighted by atomic mass is 9.72. The third-order valence-corrected chi connectivity index (χ3v) is 4.91. The molecular weight excluding hydrogens is 278 g/mol. The molecule has 0 bridgehead atoms. The molecule has 2 aromatic heterocycles. The van der Waals surface area contributed by atoms with E-state index < -0.39 is 0 Å². The van der Waals surface area contributed by atoms with Crippen molar-refractivity contribution >= 4 is 0 Å². The third-order valence-electron chi connectivity index (χ3n) is 4.91. The van der Waals surface area contributed by atoms with Gasteiger partial charge in [-0.2, -0.15) is 20.4 Å². The first-order chi connectivity index (χ1) is 10.8. The van der Waals surface area contributed by atoms with Crippen LogP contribution in [0.4, 0.5) is 0 Å². The lowest BCUT2D eigenvalue weighted by Crippen LogP contribution is -2.23. The lowest BCUT2D eigenvalue weighted by Gasteiger charge is -2.32. The Labute approximate surface area is 126 Å². The molecule has 2 heterocycles. The molecule has 0 saturated heterocycles. The largest absolute Gasteiger partial charge is 0.339 e. The van der Waals surface area contributed by atoms with E-state index in [4.69, 9.17) is 4.52 Å². The van der Waals surface area contributed by atoms with E-state index in [1.165, 1.54) is 25.7 Å². The summed E-state index contributed by atoms with van der Waals surface area (Å²) in [7, 11) is 0. The van der Waals surface area contributed by atoms with Crippen LogP contribution in [0.1, 0.15) is 37.5 Å². The Morgan fingerprint density at radius 2 is 1.82 bits per heavy atom. The zero-order valence-corrected chi connectivity index (χ0v) is 12.0. The molecule has 1 N–H and O–H groups in total. The fourth-order valence-electron chi connectivity index (χ4n) is 3.43. The Hall–Kier alpha value is -2.50. The molecular formula is C16H15N5O. The average molecular weight is 293 g/mol. The van der Waals surface area contributed by atoms with Gasteiger partial charge in [0.05, 0.1) is 0 Å². The van der Waals surface area contributed by atoms with Gasteiger partial charge in [-0.15, -0.1) is 0 Å². The van der Waals surface area contributed by atoms with Crippen molar-refractivity contribution in [2.24, 2.45) is 5.41 Å². The number of nitrogens with zero attached hydrogens (tertiary/aromatic N) is 4. The van der Waals surface area contributed by atoms with Crippen molar-refractivity contribution in [2.45, 2.75) is 31.6 Å². The molecule has 1 aromatic carbocycles. The quantitative estimate of drug-likeness (QED) is 0.802.